The molecule has 0 spiro atoms. The van der Waals surface area contributed by atoms with Gasteiger partial charge in [0.2, 0.25) is 0 Å². The topological polar surface area (TPSA) is 66.8 Å². The van der Waals surface area contributed by atoms with Crippen LogP contribution in [0.1, 0.15) is 21.8 Å². The number of nitrogens with zero attached hydrogens (tertiary/aromatic N) is 1. The van der Waals surface area contributed by atoms with Gasteiger partial charge in [-0.3, -0.25) is 9.59 Å². The highest BCUT2D eigenvalue weighted by Gasteiger charge is 2.40. The average Bonchev–Trinajstić information content (AvgIpc) is 3.07. The molecule has 2 atom stereocenters. The summed E-state index contributed by atoms with van der Waals surface area (Å²) in [4.78, 5) is 26.0. The third kappa shape index (κ3) is 3.61. The molecule has 2 aromatic rings. The number of methoxy groups -OCH3 is 1. The van der Waals surface area contributed by atoms with Gasteiger partial charge >= 0.3 is 5.97 Å². The molecule has 0 saturated carbocycles. The van der Waals surface area contributed by atoms with Crippen LogP contribution in [0.5, 0.6) is 5.75 Å². The minimum Gasteiger partial charge on any atom is -0.497 e. The third-order valence-electron chi connectivity index (χ3n) is 4.56. The molecule has 1 saturated heterocycles. The quantitative estimate of drug-likeness (QED) is 0.909. The zero-order valence-corrected chi connectivity index (χ0v) is 14.4. The minimum absolute atomic E-state index is 0.176. The lowest BCUT2D eigenvalue weighted by Crippen LogP contribution is -2.29. The Hall–Kier alpha value is -2.53. The Morgan fingerprint density at radius 1 is 1.08 bits per heavy atom. The Balaban J connectivity index is 1.82. The number of carboxylic acid groups (broad SMARTS) is 1. The van der Waals surface area contributed by atoms with Gasteiger partial charge in [0.05, 0.1) is 13.0 Å². The lowest BCUT2D eigenvalue weighted by atomic mass is 9.89. The van der Waals surface area contributed by atoms with Crippen molar-refractivity contribution in [1.82, 2.24) is 4.90 Å². The number of halogens is 1. The number of likely N-dealkylation sites (tertiary alicyclic amines) is 1. The number of amides is 1. The van der Waals surface area contributed by atoms with Crippen LogP contribution in [0.2, 0.25) is 5.02 Å². The van der Waals surface area contributed by atoms with Crippen LogP contribution in [-0.2, 0) is 4.79 Å². The monoisotopic (exact) mass is 359 g/mol. The summed E-state index contributed by atoms with van der Waals surface area (Å²) < 4.78 is 5.09. The van der Waals surface area contributed by atoms with Gasteiger partial charge < -0.3 is 14.7 Å². The lowest BCUT2D eigenvalue weighted by molar-refractivity contribution is -0.141. The number of ether oxygens (including phenoxy) is 1. The first-order chi connectivity index (χ1) is 12.0. The first-order valence-corrected chi connectivity index (χ1v) is 8.29. The van der Waals surface area contributed by atoms with E-state index >= 15 is 0 Å². The number of benzene rings is 2. The largest absolute Gasteiger partial charge is 0.497 e. The Bertz CT molecular complexity index is 773. The maximum Gasteiger partial charge on any atom is 0.308 e. The highest BCUT2D eigenvalue weighted by atomic mass is 35.5. The summed E-state index contributed by atoms with van der Waals surface area (Å²) in [6, 6.07) is 13.9. The molecule has 130 valence electrons. The molecule has 0 bridgehead atoms. The molecular formula is C19H18ClNO4. The second-order valence-electron chi connectivity index (χ2n) is 6.04. The molecule has 6 heteroatoms. The van der Waals surface area contributed by atoms with Crippen LogP contribution in [0.3, 0.4) is 0 Å². The normalized spacial score (nSPS) is 19.7. The van der Waals surface area contributed by atoms with E-state index in [4.69, 9.17) is 16.3 Å². The van der Waals surface area contributed by atoms with Gasteiger partial charge in [0, 0.05) is 29.6 Å². The van der Waals surface area contributed by atoms with Crippen molar-refractivity contribution in [1.29, 1.82) is 0 Å². The number of rotatable bonds is 4. The minimum atomic E-state index is -0.898. The summed E-state index contributed by atoms with van der Waals surface area (Å²) in [6.45, 7) is 0.553. The van der Waals surface area contributed by atoms with Gasteiger partial charge in [-0.1, -0.05) is 23.7 Å². The van der Waals surface area contributed by atoms with Gasteiger partial charge in [-0.25, -0.2) is 0 Å². The van der Waals surface area contributed by atoms with Crippen molar-refractivity contribution in [3.63, 3.8) is 0 Å². The summed E-state index contributed by atoms with van der Waals surface area (Å²) >= 11 is 5.91. The van der Waals surface area contributed by atoms with E-state index in [0.717, 1.165) is 5.56 Å². The Morgan fingerprint density at radius 2 is 1.72 bits per heavy atom. The van der Waals surface area contributed by atoms with Gasteiger partial charge in [0.1, 0.15) is 5.75 Å². The van der Waals surface area contributed by atoms with Crippen LogP contribution in [0.4, 0.5) is 0 Å². The molecule has 0 unspecified atom stereocenters. The molecule has 2 aromatic carbocycles. The van der Waals surface area contributed by atoms with Crippen LogP contribution in [0.25, 0.3) is 0 Å². The van der Waals surface area contributed by atoms with E-state index in [1.165, 1.54) is 0 Å². The fourth-order valence-electron chi connectivity index (χ4n) is 3.18. The fourth-order valence-corrected chi connectivity index (χ4v) is 3.31. The molecule has 0 aliphatic carbocycles. The average molecular weight is 360 g/mol. The standard InChI is InChI=1S/C19H18ClNO4/c1-25-15-8-4-13(5-9-15)18(22)21-10-16(17(11-21)19(23)24)12-2-6-14(20)7-3-12/h2-9,16-17H,10-11H2,1H3,(H,23,24)/t16-,17+/m0/s1. The summed E-state index contributed by atoms with van der Waals surface area (Å²) in [7, 11) is 1.56. The number of carbonyl (C=O) groups is 2. The highest BCUT2D eigenvalue weighted by molar-refractivity contribution is 6.30. The Labute approximate surface area is 150 Å². The second kappa shape index (κ2) is 7.15. The molecule has 3 rings (SSSR count). The van der Waals surface area contributed by atoms with Crippen molar-refractivity contribution in [2.75, 3.05) is 20.2 Å². The Kier molecular flexibility index (Phi) is 4.95. The molecule has 1 fully saturated rings. The van der Waals surface area contributed by atoms with Gasteiger partial charge in [0.25, 0.3) is 5.91 Å². The number of carboxylic acids is 1. The molecule has 1 aliphatic rings. The van der Waals surface area contributed by atoms with Gasteiger partial charge in [-0.15, -0.1) is 0 Å². The van der Waals surface area contributed by atoms with Crippen molar-refractivity contribution < 1.29 is 19.4 Å². The van der Waals surface area contributed by atoms with Crippen LogP contribution in [0.15, 0.2) is 48.5 Å². The fraction of sp³-hybridized carbons (Fsp3) is 0.263. The molecule has 1 aliphatic heterocycles. The molecule has 1 heterocycles. The SMILES string of the molecule is COc1ccc(C(=O)N2C[C@@H](C(=O)O)[C@H](c3ccc(Cl)cc3)C2)cc1. The van der Waals surface area contributed by atoms with Gasteiger partial charge in [-0.05, 0) is 42.0 Å². The second-order valence-corrected chi connectivity index (χ2v) is 6.48. The number of carbonyl (C=O) groups excluding carboxylic acids is 1. The number of hydrogen-bond acceptors (Lipinski definition) is 3. The van der Waals surface area contributed by atoms with E-state index < -0.39 is 11.9 Å². The predicted molar refractivity (Wildman–Crippen MR) is 94.2 cm³/mol. The van der Waals surface area contributed by atoms with Crippen molar-refractivity contribution >= 4 is 23.5 Å². The van der Waals surface area contributed by atoms with E-state index in [9.17, 15) is 14.7 Å². The summed E-state index contributed by atoms with van der Waals surface area (Å²) in [5, 5.41) is 10.2. The maximum absolute atomic E-state index is 12.7. The zero-order chi connectivity index (χ0) is 18.0. The van der Waals surface area contributed by atoms with Gasteiger partial charge in [-0.2, -0.15) is 0 Å². The van der Waals surface area contributed by atoms with Crippen LogP contribution >= 0.6 is 11.6 Å². The lowest BCUT2D eigenvalue weighted by Gasteiger charge is -2.17. The maximum atomic E-state index is 12.7. The Morgan fingerprint density at radius 3 is 2.28 bits per heavy atom. The van der Waals surface area contributed by atoms with Crippen LogP contribution < -0.4 is 4.74 Å². The van der Waals surface area contributed by atoms with Crippen molar-refractivity contribution in [2.45, 2.75) is 5.92 Å². The smallest absolute Gasteiger partial charge is 0.308 e. The molecule has 1 amide bonds. The van der Waals surface area contributed by atoms with E-state index in [1.54, 1.807) is 48.4 Å². The summed E-state index contributed by atoms with van der Waals surface area (Å²) in [6.07, 6.45) is 0. The molecule has 1 N–H and O–H groups in total. The van der Waals surface area contributed by atoms with E-state index in [2.05, 4.69) is 0 Å². The predicted octanol–water partition coefficient (Wildman–Crippen LogP) is 3.29. The van der Waals surface area contributed by atoms with E-state index in [1.807, 2.05) is 12.1 Å². The number of hydrogen-bond donors (Lipinski definition) is 1. The van der Waals surface area contributed by atoms with Crippen LogP contribution in [0, 0.1) is 5.92 Å². The molecule has 0 aromatic heterocycles. The van der Waals surface area contributed by atoms with E-state index in [-0.39, 0.29) is 18.4 Å². The first-order valence-electron chi connectivity index (χ1n) is 7.91. The first kappa shape index (κ1) is 17.3. The van der Waals surface area contributed by atoms with Gasteiger partial charge in [0.15, 0.2) is 0 Å². The molecule has 25 heavy (non-hydrogen) atoms. The van der Waals surface area contributed by atoms with Crippen molar-refractivity contribution in [2.24, 2.45) is 5.92 Å². The number of aliphatic carboxylic acids is 1. The summed E-state index contributed by atoms with van der Waals surface area (Å²) in [5.41, 5.74) is 1.39. The molecule has 5 nitrogen and oxygen atoms in total. The molecule has 0 radical (unpaired) electrons. The van der Waals surface area contributed by atoms with Crippen LogP contribution in [-0.4, -0.2) is 42.1 Å². The van der Waals surface area contributed by atoms with Crippen molar-refractivity contribution in [3.05, 3.63) is 64.7 Å². The third-order valence-corrected chi connectivity index (χ3v) is 4.81. The molecular weight excluding hydrogens is 342 g/mol. The van der Waals surface area contributed by atoms with E-state index in [0.29, 0.717) is 22.9 Å². The zero-order valence-electron chi connectivity index (χ0n) is 13.7. The van der Waals surface area contributed by atoms with Crippen molar-refractivity contribution in [3.8, 4) is 5.75 Å². The summed E-state index contributed by atoms with van der Waals surface area (Å²) in [5.74, 6) is -1.30. The highest BCUT2D eigenvalue weighted by Crippen LogP contribution is 2.34.